The number of rotatable bonds is 6. The summed E-state index contributed by atoms with van der Waals surface area (Å²) < 4.78 is 29.7. The fourth-order valence-corrected chi connectivity index (χ4v) is 3.46. The highest BCUT2D eigenvalue weighted by Crippen LogP contribution is 2.27. The van der Waals surface area contributed by atoms with Gasteiger partial charge in [0.1, 0.15) is 5.75 Å². The molecule has 19 heavy (non-hydrogen) atoms. The van der Waals surface area contributed by atoms with Crippen molar-refractivity contribution in [1.82, 2.24) is 0 Å². The van der Waals surface area contributed by atoms with Gasteiger partial charge in [-0.2, -0.15) is 0 Å². The lowest BCUT2D eigenvalue weighted by atomic mass is 10.2. The lowest BCUT2D eigenvalue weighted by Crippen LogP contribution is -2.22. The number of carboxylic acids is 1. The van der Waals surface area contributed by atoms with Crippen LogP contribution in [0.4, 0.5) is 0 Å². The first-order chi connectivity index (χ1) is 8.76. The van der Waals surface area contributed by atoms with E-state index in [0.29, 0.717) is 15.8 Å². The van der Waals surface area contributed by atoms with E-state index < -0.39 is 21.1 Å². The molecule has 7 heteroatoms. The number of sulfone groups is 1. The van der Waals surface area contributed by atoms with Crippen LogP contribution in [0.15, 0.2) is 22.7 Å². The number of benzene rings is 1. The second kappa shape index (κ2) is 6.38. The number of methoxy groups -OCH3 is 1. The summed E-state index contributed by atoms with van der Waals surface area (Å²) in [5.41, 5.74) is 0.588. The molecule has 1 aromatic carbocycles. The summed E-state index contributed by atoms with van der Waals surface area (Å²) in [4.78, 5) is 10.6. The highest BCUT2D eigenvalue weighted by atomic mass is 79.9. The van der Waals surface area contributed by atoms with Crippen molar-refractivity contribution < 1.29 is 23.1 Å². The lowest BCUT2D eigenvalue weighted by Gasteiger charge is -2.11. The molecule has 1 aromatic rings. The molecule has 0 aliphatic heterocycles. The zero-order valence-corrected chi connectivity index (χ0v) is 13.0. The number of carbonyl (C=O) groups is 1. The summed E-state index contributed by atoms with van der Waals surface area (Å²) in [5.74, 6) is -0.698. The van der Waals surface area contributed by atoms with Gasteiger partial charge < -0.3 is 9.84 Å². The number of ether oxygens (including phenoxy) is 1. The van der Waals surface area contributed by atoms with Gasteiger partial charge in [-0.3, -0.25) is 4.79 Å². The van der Waals surface area contributed by atoms with Crippen LogP contribution in [-0.4, -0.2) is 31.9 Å². The monoisotopic (exact) mass is 350 g/mol. The van der Waals surface area contributed by atoms with Gasteiger partial charge in [-0.25, -0.2) is 8.42 Å². The van der Waals surface area contributed by atoms with Gasteiger partial charge in [0.15, 0.2) is 9.84 Å². The Morgan fingerprint density at radius 2 is 2.11 bits per heavy atom. The van der Waals surface area contributed by atoms with Crippen molar-refractivity contribution in [3.05, 3.63) is 28.2 Å². The van der Waals surface area contributed by atoms with Crippen LogP contribution in [0.3, 0.4) is 0 Å². The van der Waals surface area contributed by atoms with E-state index in [0.717, 1.165) is 0 Å². The Balaban J connectivity index is 2.89. The van der Waals surface area contributed by atoms with Crippen LogP contribution < -0.4 is 4.74 Å². The molecule has 106 valence electrons. The maximum atomic E-state index is 12.0. The van der Waals surface area contributed by atoms with Gasteiger partial charge in [0.2, 0.25) is 0 Å². The summed E-state index contributed by atoms with van der Waals surface area (Å²) >= 11 is 3.28. The third-order valence-electron chi connectivity index (χ3n) is 2.66. The topological polar surface area (TPSA) is 80.7 Å². The molecule has 0 aliphatic carbocycles. The van der Waals surface area contributed by atoms with Gasteiger partial charge >= 0.3 is 5.97 Å². The molecule has 0 radical (unpaired) electrons. The van der Waals surface area contributed by atoms with Crippen LogP contribution in [0, 0.1) is 0 Å². The second-order valence-corrected chi connectivity index (χ2v) is 7.46. The highest BCUT2D eigenvalue weighted by molar-refractivity contribution is 9.10. The minimum atomic E-state index is -3.49. The summed E-state index contributed by atoms with van der Waals surface area (Å²) in [5, 5.41) is 7.73. The molecule has 1 unspecified atom stereocenters. The summed E-state index contributed by atoms with van der Waals surface area (Å²) in [6.07, 6.45) is -0.389. The van der Waals surface area contributed by atoms with Crippen molar-refractivity contribution in [2.45, 2.75) is 24.3 Å². The first-order valence-electron chi connectivity index (χ1n) is 5.52. The van der Waals surface area contributed by atoms with Crippen LogP contribution in [0.1, 0.15) is 18.9 Å². The molecule has 0 amide bonds. The Morgan fingerprint density at radius 1 is 1.47 bits per heavy atom. The van der Waals surface area contributed by atoms with E-state index in [1.165, 1.54) is 14.0 Å². The van der Waals surface area contributed by atoms with Gasteiger partial charge in [0.05, 0.1) is 29.0 Å². The molecule has 0 bridgehead atoms. The lowest BCUT2D eigenvalue weighted by molar-refractivity contribution is -0.136. The number of hydrogen-bond acceptors (Lipinski definition) is 4. The Hall–Kier alpha value is -1.08. The number of aliphatic carboxylic acids is 1. The van der Waals surface area contributed by atoms with Gasteiger partial charge in [0.25, 0.3) is 0 Å². The van der Waals surface area contributed by atoms with Crippen molar-refractivity contribution >= 4 is 31.7 Å². The zero-order chi connectivity index (χ0) is 14.6. The van der Waals surface area contributed by atoms with E-state index in [1.807, 2.05) is 0 Å². The number of hydrogen-bond donors (Lipinski definition) is 1. The largest absolute Gasteiger partial charge is 0.496 e. The molecule has 1 N–H and O–H groups in total. The Morgan fingerprint density at radius 3 is 2.58 bits per heavy atom. The normalized spacial score (nSPS) is 13.0. The predicted octanol–water partition coefficient (Wildman–Crippen LogP) is 2.24. The van der Waals surface area contributed by atoms with Gasteiger partial charge in [-0.05, 0) is 40.5 Å². The van der Waals surface area contributed by atoms with Crippen LogP contribution in [-0.2, 0) is 20.4 Å². The Kier molecular flexibility index (Phi) is 5.37. The van der Waals surface area contributed by atoms with Crippen LogP contribution in [0.5, 0.6) is 5.75 Å². The number of halogens is 1. The van der Waals surface area contributed by atoms with Crippen LogP contribution in [0.25, 0.3) is 0 Å². The third-order valence-corrected chi connectivity index (χ3v) is 5.41. The van der Waals surface area contributed by atoms with Crippen molar-refractivity contribution in [3.8, 4) is 5.75 Å². The SMILES string of the molecule is COc1ccc(CS(=O)(=O)C(C)CC(=O)O)cc1Br. The van der Waals surface area contributed by atoms with Crippen molar-refractivity contribution in [3.63, 3.8) is 0 Å². The van der Waals surface area contributed by atoms with Gasteiger partial charge in [-0.1, -0.05) is 6.07 Å². The van der Waals surface area contributed by atoms with Gasteiger partial charge in [0, 0.05) is 0 Å². The molecule has 0 fully saturated rings. The van der Waals surface area contributed by atoms with E-state index >= 15 is 0 Å². The maximum Gasteiger partial charge on any atom is 0.304 e. The molecular weight excluding hydrogens is 336 g/mol. The summed E-state index contributed by atoms with van der Waals surface area (Å²) in [6, 6.07) is 4.97. The fourth-order valence-electron chi connectivity index (χ4n) is 1.55. The molecule has 1 atom stereocenters. The van der Waals surface area contributed by atoms with Crippen molar-refractivity contribution in [1.29, 1.82) is 0 Å². The molecule has 0 aromatic heterocycles. The van der Waals surface area contributed by atoms with Crippen molar-refractivity contribution in [2.75, 3.05) is 7.11 Å². The second-order valence-electron chi connectivity index (χ2n) is 4.18. The third kappa shape index (κ3) is 4.50. The Bertz CT molecular complexity index is 567. The Labute approximate surface area is 120 Å². The predicted molar refractivity (Wildman–Crippen MR) is 75.0 cm³/mol. The molecule has 0 heterocycles. The molecular formula is C12H15BrO5S. The standard InChI is InChI=1S/C12H15BrO5S/c1-8(5-12(14)15)19(16,17)7-9-3-4-11(18-2)10(13)6-9/h3-4,6,8H,5,7H2,1-2H3,(H,14,15). The fraction of sp³-hybridized carbons (Fsp3) is 0.417. The smallest absolute Gasteiger partial charge is 0.304 e. The molecule has 0 saturated carbocycles. The minimum absolute atomic E-state index is 0.190. The molecule has 0 saturated heterocycles. The van der Waals surface area contributed by atoms with E-state index in [1.54, 1.807) is 18.2 Å². The molecule has 0 spiro atoms. The quantitative estimate of drug-likeness (QED) is 0.850. The molecule has 0 aliphatic rings. The number of carboxylic acid groups (broad SMARTS) is 1. The molecule has 1 rings (SSSR count). The van der Waals surface area contributed by atoms with Crippen molar-refractivity contribution in [2.24, 2.45) is 0 Å². The van der Waals surface area contributed by atoms with E-state index in [-0.39, 0.29) is 12.2 Å². The zero-order valence-electron chi connectivity index (χ0n) is 10.6. The van der Waals surface area contributed by atoms with Crippen LogP contribution in [0.2, 0.25) is 0 Å². The highest BCUT2D eigenvalue weighted by Gasteiger charge is 2.24. The molecule has 5 nitrogen and oxygen atoms in total. The van der Waals surface area contributed by atoms with Crippen LogP contribution >= 0.6 is 15.9 Å². The first-order valence-corrected chi connectivity index (χ1v) is 8.03. The average Bonchev–Trinajstić information content (AvgIpc) is 2.27. The van der Waals surface area contributed by atoms with Gasteiger partial charge in [-0.15, -0.1) is 0 Å². The minimum Gasteiger partial charge on any atom is -0.496 e. The average molecular weight is 351 g/mol. The first kappa shape index (κ1) is 16.0. The van der Waals surface area contributed by atoms with E-state index in [4.69, 9.17) is 9.84 Å². The summed E-state index contributed by atoms with van der Waals surface area (Å²) in [6.45, 7) is 1.40. The van der Waals surface area contributed by atoms with E-state index in [2.05, 4.69) is 15.9 Å². The van der Waals surface area contributed by atoms with E-state index in [9.17, 15) is 13.2 Å². The summed E-state index contributed by atoms with van der Waals surface area (Å²) in [7, 11) is -1.97. The maximum absolute atomic E-state index is 12.0.